The zero-order chi connectivity index (χ0) is 12.9. The van der Waals surface area contributed by atoms with Crippen LogP contribution in [0.25, 0.3) is 0 Å². The molecule has 1 atom stereocenters. The number of methoxy groups -OCH3 is 1. The summed E-state index contributed by atoms with van der Waals surface area (Å²) >= 11 is 2.47. The number of rotatable bonds is 5. The van der Waals surface area contributed by atoms with Crippen LogP contribution in [-0.2, 0) is 0 Å². The number of halogens is 1. The van der Waals surface area contributed by atoms with E-state index in [1.165, 1.54) is 22.3 Å². The van der Waals surface area contributed by atoms with Gasteiger partial charge in [-0.05, 0) is 28.2 Å². The molecule has 17 heavy (non-hydrogen) atoms. The molecule has 0 N–H and O–H groups in total. The number of hydrogen-bond donors (Lipinski definition) is 0. The summed E-state index contributed by atoms with van der Waals surface area (Å²) in [5, 5.41) is 1.76. The molecule has 0 saturated carbocycles. The first-order chi connectivity index (χ1) is 8.00. The van der Waals surface area contributed by atoms with Crippen LogP contribution in [-0.4, -0.2) is 22.9 Å². The number of ether oxygens (including phenoxy) is 1. The van der Waals surface area contributed by atoms with E-state index in [1.54, 1.807) is 7.11 Å². The van der Waals surface area contributed by atoms with Crippen LogP contribution in [0.4, 0.5) is 0 Å². The highest BCUT2D eigenvalue weighted by atomic mass is 127. The predicted octanol–water partition coefficient (Wildman–Crippen LogP) is 4.43. The Morgan fingerprint density at radius 3 is 2.41 bits per heavy atom. The lowest BCUT2D eigenvalue weighted by atomic mass is 10.3. The van der Waals surface area contributed by atoms with Crippen molar-refractivity contribution in [1.82, 2.24) is 0 Å². The molecule has 0 bridgehead atoms. The lowest BCUT2D eigenvalue weighted by molar-refractivity contribution is 0.418. The Labute approximate surface area is 120 Å². The van der Waals surface area contributed by atoms with Gasteiger partial charge in [0.1, 0.15) is 5.75 Å². The van der Waals surface area contributed by atoms with Crippen LogP contribution in [0.1, 0.15) is 27.2 Å². The van der Waals surface area contributed by atoms with Crippen molar-refractivity contribution >= 4 is 35.8 Å². The van der Waals surface area contributed by atoms with E-state index in [0.717, 1.165) is 5.75 Å². The maximum absolute atomic E-state index is 5.52. The van der Waals surface area contributed by atoms with Gasteiger partial charge in [0.05, 0.1) is 7.11 Å². The van der Waals surface area contributed by atoms with E-state index in [9.17, 15) is 0 Å². The maximum Gasteiger partial charge on any atom is 0.126 e. The van der Waals surface area contributed by atoms with Crippen molar-refractivity contribution in [2.45, 2.75) is 32.3 Å². The van der Waals surface area contributed by atoms with E-state index in [4.69, 9.17) is 4.74 Å². The maximum atomic E-state index is 5.52. The second kappa shape index (κ2) is 6.94. The monoisotopic (exact) mass is 364 g/mol. The Kier molecular flexibility index (Phi) is 6.22. The summed E-state index contributed by atoms with van der Waals surface area (Å²) in [6, 6.07) is 8.50. The Morgan fingerprint density at radius 1 is 1.24 bits per heavy atom. The predicted molar refractivity (Wildman–Crippen MR) is 87.7 cm³/mol. The molecule has 1 rings (SSSR count). The minimum absolute atomic E-state index is 0.159. The van der Waals surface area contributed by atoms with Gasteiger partial charge >= 0.3 is 0 Å². The highest BCUT2D eigenvalue weighted by Gasteiger charge is 2.27. The van der Waals surface area contributed by atoms with E-state index in [0.29, 0.717) is 5.16 Å². The molecule has 96 valence electrons. The Bertz CT molecular complexity index is 346. The minimum Gasteiger partial charge on any atom is -0.496 e. The fourth-order valence-corrected chi connectivity index (χ4v) is 5.68. The van der Waals surface area contributed by atoms with Crippen LogP contribution in [0.2, 0.25) is 0 Å². The SMILES string of the molecule is COc1ccccc1P(CCCI)C(C)(C)C. The van der Waals surface area contributed by atoms with Crippen molar-refractivity contribution in [3.05, 3.63) is 24.3 Å². The van der Waals surface area contributed by atoms with E-state index in [1.807, 2.05) is 0 Å². The molecule has 0 aliphatic carbocycles. The van der Waals surface area contributed by atoms with E-state index in [2.05, 4.69) is 67.6 Å². The van der Waals surface area contributed by atoms with Crippen LogP contribution in [0.3, 0.4) is 0 Å². The summed E-state index contributed by atoms with van der Waals surface area (Å²) in [6.07, 6.45) is 2.59. The summed E-state index contributed by atoms with van der Waals surface area (Å²) < 4.78 is 6.75. The molecule has 0 fully saturated rings. The number of para-hydroxylation sites is 1. The van der Waals surface area contributed by atoms with Crippen molar-refractivity contribution in [1.29, 1.82) is 0 Å². The lowest BCUT2D eigenvalue weighted by Crippen LogP contribution is -2.22. The fraction of sp³-hybridized carbons (Fsp3) is 0.571. The molecule has 0 aliphatic heterocycles. The number of alkyl halides is 1. The Balaban J connectivity index is 3.03. The molecule has 0 saturated heterocycles. The topological polar surface area (TPSA) is 9.23 Å². The first-order valence-electron chi connectivity index (χ1n) is 5.97. The quantitative estimate of drug-likeness (QED) is 0.427. The van der Waals surface area contributed by atoms with Gasteiger partial charge in [-0.1, -0.05) is 69.5 Å². The number of benzene rings is 1. The molecular formula is C14H22IOP. The van der Waals surface area contributed by atoms with Crippen molar-refractivity contribution in [3.8, 4) is 5.75 Å². The largest absolute Gasteiger partial charge is 0.496 e. The molecule has 0 radical (unpaired) electrons. The van der Waals surface area contributed by atoms with Gasteiger partial charge in [0.2, 0.25) is 0 Å². The number of hydrogen-bond acceptors (Lipinski definition) is 1. The molecule has 0 amide bonds. The van der Waals surface area contributed by atoms with E-state index >= 15 is 0 Å². The van der Waals surface area contributed by atoms with Crippen LogP contribution in [0.15, 0.2) is 24.3 Å². The summed E-state index contributed by atoms with van der Waals surface area (Å²) in [6.45, 7) is 7.04. The standard InChI is InChI=1S/C14H22IOP/c1-14(2,3)17(11-7-10-15)13-9-6-5-8-12(13)16-4/h5-6,8-9H,7,10-11H2,1-4H3. The second-order valence-corrected chi connectivity index (χ2v) is 9.24. The van der Waals surface area contributed by atoms with Crippen molar-refractivity contribution < 1.29 is 4.74 Å². The smallest absolute Gasteiger partial charge is 0.126 e. The average molecular weight is 364 g/mol. The molecular weight excluding hydrogens is 342 g/mol. The van der Waals surface area contributed by atoms with Gasteiger partial charge in [0, 0.05) is 5.30 Å². The fourth-order valence-electron chi connectivity index (χ4n) is 1.89. The first-order valence-corrected chi connectivity index (χ1v) is 9.02. The van der Waals surface area contributed by atoms with Crippen LogP contribution in [0.5, 0.6) is 5.75 Å². The third-order valence-corrected chi connectivity index (χ3v) is 6.80. The van der Waals surface area contributed by atoms with Gasteiger partial charge in [-0.15, -0.1) is 0 Å². The van der Waals surface area contributed by atoms with Crippen molar-refractivity contribution in [3.63, 3.8) is 0 Å². The Hall–Kier alpha value is 0.180. The first kappa shape index (κ1) is 15.2. The molecule has 0 aliphatic rings. The molecule has 1 aromatic rings. The van der Waals surface area contributed by atoms with Crippen LogP contribution in [0, 0.1) is 0 Å². The third kappa shape index (κ3) is 4.40. The van der Waals surface area contributed by atoms with Crippen LogP contribution < -0.4 is 10.0 Å². The molecule has 0 heterocycles. The molecule has 3 heteroatoms. The van der Waals surface area contributed by atoms with Crippen molar-refractivity contribution in [2.75, 3.05) is 17.7 Å². The van der Waals surface area contributed by atoms with Crippen LogP contribution >= 0.6 is 30.5 Å². The van der Waals surface area contributed by atoms with Gasteiger partial charge in [-0.3, -0.25) is 0 Å². The van der Waals surface area contributed by atoms with E-state index < -0.39 is 0 Å². The van der Waals surface area contributed by atoms with Crippen molar-refractivity contribution in [2.24, 2.45) is 0 Å². The molecule has 1 unspecified atom stereocenters. The summed E-state index contributed by atoms with van der Waals surface area (Å²) in [7, 11) is 1.61. The van der Waals surface area contributed by atoms with E-state index in [-0.39, 0.29) is 7.92 Å². The summed E-state index contributed by atoms with van der Waals surface area (Å²) in [4.78, 5) is 0. The third-order valence-electron chi connectivity index (χ3n) is 2.70. The van der Waals surface area contributed by atoms with Gasteiger partial charge in [0.25, 0.3) is 0 Å². The minimum atomic E-state index is -0.159. The highest BCUT2D eigenvalue weighted by Crippen LogP contribution is 2.50. The second-order valence-electron chi connectivity index (χ2n) is 5.04. The summed E-state index contributed by atoms with van der Waals surface area (Å²) in [5.74, 6) is 1.06. The van der Waals surface area contributed by atoms with Gasteiger partial charge < -0.3 is 4.74 Å². The lowest BCUT2D eigenvalue weighted by Gasteiger charge is -2.32. The normalized spacial score (nSPS) is 13.5. The molecule has 1 aromatic carbocycles. The molecule has 0 spiro atoms. The van der Waals surface area contributed by atoms with Gasteiger partial charge in [-0.2, -0.15) is 0 Å². The summed E-state index contributed by atoms with van der Waals surface area (Å²) in [5.41, 5.74) is 0. The van der Waals surface area contributed by atoms with Gasteiger partial charge in [-0.25, -0.2) is 0 Å². The average Bonchev–Trinajstić information content (AvgIpc) is 2.28. The highest BCUT2D eigenvalue weighted by molar-refractivity contribution is 14.1. The zero-order valence-electron chi connectivity index (χ0n) is 11.2. The van der Waals surface area contributed by atoms with Gasteiger partial charge in [0.15, 0.2) is 0 Å². The zero-order valence-corrected chi connectivity index (χ0v) is 14.2. The Morgan fingerprint density at radius 2 is 1.88 bits per heavy atom. The molecule has 0 aromatic heterocycles. The molecule has 1 nitrogen and oxygen atoms in total.